The van der Waals surface area contributed by atoms with Crippen LogP contribution in [-0.2, 0) is 0 Å². The first-order valence-electron chi connectivity index (χ1n) is 8.63. The van der Waals surface area contributed by atoms with Crippen LogP contribution in [0.4, 0.5) is 5.69 Å². The minimum absolute atomic E-state index is 0.376. The number of hydrogen-bond donors (Lipinski definition) is 2. The average Bonchev–Trinajstić information content (AvgIpc) is 2.67. The Kier molecular flexibility index (Phi) is 4.22. The highest BCUT2D eigenvalue weighted by atomic mass is 16.1. The molecule has 26 heavy (non-hydrogen) atoms. The van der Waals surface area contributed by atoms with Gasteiger partial charge in [-0.2, -0.15) is 0 Å². The van der Waals surface area contributed by atoms with Crippen molar-refractivity contribution in [2.75, 3.05) is 24.5 Å². The molecule has 7 nitrogen and oxygen atoms in total. The van der Waals surface area contributed by atoms with Crippen molar-refractivity contribution >= 4 is 22.6 Å². The van der Waals surface area contributed by atoms with E-state index in [1.54, 1.807) is 18.5 Å². The number of nitrogens with one attached hydrogen (secondary N) is 1. The molecule has 0 bridgehead atoms. The number of fused-ring (bicyclic) bond motifs is 1. The van der Waals surface area contributed by atoms with Gasteiger partial charge in [-0.15, -0.1) is 0 Å². The van der Waals surface area contributed by atoms with Crippen molar-refractivity contribution in [3.8, 4) is 11.4 Å². The maximum absolute atomic E-state index is 11.8. The fourth-order valence-electron chi connectivity index (χ4n) is 3.33. The maximum atomic E-state index is 11.8. The largest absolute Gasteiger partial charge is 0.367 e. The lowest BCUT2D eigenvalue weighted by atomic mass is 10.1. The van der Waals surface area contributed by atoms with Crippen LogP contribution < -0.4 is 16.0 Å². The van der Waals surface area contributed by atoms with Crippen LogP contribution in [-0.4, -0.2) is 46.5 Å². The topological polar surface area (TPSA) is 97.0 Å². The second-order valence-electron chi connectivity index (χ2n) is 6.47. The lowest BCUT2D eigenvalue weighted by molar-refractivity contribution is 0.100. The fourth-order valence-corrected chi connectivity index (χ4v) is 3.33. The molecular weight excluding hydrogens is 328 g/mol. The Hall–Kier alpha value is -3.06. The summed E-state index contributed by atoms with van der Waals surface area (Å²) in [7, 11) is 0. The first-order valence-corrected chi connectivity index (χ1v) is 8.63. The van der Waals surface area contributed by atoms with Gasteiger partial charge in [-0.1, -0.05) is 6.07 Å². The molecule has 0 aliphatic carbocycles. The maximum Gasteiger partial charge on any atom is 0.250 e. The molecule has 1 aliphatic rings. The van der Waals surface area contributed by atoms with Crippen molar-refractivity contribution in [2.45, 2.75) is 13.0 Å². The molecule has 2 aromatic heterocycles. The molecule has 0 spiro atoms. The van der Waals surface area contributed by atoms with Crippen LogP contribution in [0.3, 0.4) is 0 Å². The molecule has 3 heterocycles. The number of amides is 1. The average molecular weight is 348 g/mol. The fraction of sp³-hybridized carbons (Fsp3) is 0.263. The highest BCUT2D eigenvalue weighted by Gasteiger charge is 2.21. The summed E-state index contributed by atoms with van der Waals surface area (Å²) in [4.78, 5) is 27.7. The third-order valence-corrected chi connectivity index (χ3v) is 4.58. The van der Waals surface area contributed by atoms with Crippen LogP contribution in [0.1, 0.15) is 17.3 Å². The van der Waals surface area contributed by atoms with E-state index in [0.717, 1.165) is 31.0 Å². The number of pyridine rings is 1. The molecule has 1 amide bonds. The van der Waals surface area contributed by atoms with Gasteiger partial charge < -0.3 is 16.0 Å². The van der Waals surface area contributed by atoms with Crippen molar-refractivity contribution < 1.29 is 4.79 Å². The Morgan fingerprint density at radius 2 is 2.08 bits per heavy atom. The molecule has 1 aromatic carbocycles. The molecule has 132 valence electrons. The summed E-state index contributed by atoms with van der Waals surface area (Å²) in [5.41, 5.74) is 9.50. The number of nitrogens with zero attached hydrogens (tertiary/aromatic N) is 4. The van der Waals surface area contributed by atoms with Gasteiger partial charge in [-0.3, -0.25) is 14.8 Å². The Bertz CT molecular complexity index is 959. The third-order valence-electron chi connectivity index (χ3n) is 4.58. The summed E-state index contributed by atoms with van der Waals surface area (Å²) in [6.07, 6.45) is 3.36. The van der Waals surface area contributed by atoms with Gasteiger partial charge in [0.05, 0.1) is 23.1 Å². The number of piperazine rings is 1. The molecule has 0 saturated carbocycles. The number of benzene rings is 1. The summed E-state index contributed by atoms with van der Waals surface area (Å²) in [5, 5.41) is 3.43. The lowest BCUT2D eigenvalue weighted by Crippen LogP contribution is -2.49. The summed E-state index contributed by atoms with van der Waals surface area (Å²) in [6, 6.07) is 9.69. The Morgan fingerprint density at radius 3 is 2.81 bits per heavy atom. The van der Waals surface area contributed by atoms with E-state index in [9.17, 15) is 4.79 Å². The number of nitrogens with two attached hydrogens (primary N) is 1. The molecule has 4 rings (SSSR count). The number of rotatable bonds is 3. The van der Waals surface area contributed by atoms with Crippen LogP contribution in [0.15, 0.2) is 42.7 Å². The van der Waals surface area contributed by atoms with E-state index in [1.165, 1.54) is 0 Å². The SMILES string of the molecule is CC1CN(c2ccc(C(N)=O)c3ncc(-c4ccccn4)nc23)CCN1. The molecule has 1 aliphatic heterocycles. The van der Waals surface area contributed by atoms with Gasteiger partial charge in [0.15, 0.2) is 0 Å². The van der Waals surface area contributed by atoms with Crippen LogP contribution in [0.2, 0.25) is 0 Å². The van der Waals surface area contributed by atoms with Crippen LogP contribution >= 0.6 is 0 Å². The Morgan fingerprint density at radius 1 is 1.19 bits per heavy atom. The number of carbonyl (C=O) groups is 1. The van der Waals surface area contributed by atoms with E-state index in [0.29, 0.717) is 28.3 Å². The molecule has 1 atom stereocenters. The molecule has 7 heteroatoms. The zero-order valence-electron chi connectivity index (χ0n) is 14.5. The standard InChI is InChI=1S/C19H20N6O/c1-12-11-25(9-8-21-12)16-6-5-13(19(20)26)17-18(16)24-15(10-23-17)14-4-2-3-7-22-14/h2-7,10,12,21H,8-9,11H2,1H3,(H2,20,26). The summed E-state index contributed by atoms with van der Waals surface area (Å²) < 4.78 is 0. The highest BCUT2D eigenvalue weighted by molar-refractivity contribution is 6.07. The van der Waals surface area contributed by atoms with Gasteiger partial charge in [-0.25, -0.2) is 4.98 Å². The van der Waals surface area contributed by atoms with Gasteiger partial charge in [0, 0.05) is 31.9 Å². The van der Waals surface area contributed by atoms with Crippen molar-refractivity contribution in [3.05, 3.63) is 48.3 Å². The van der Waals surface area contributed by atoms with Crippen LogP contribution in [0.25, 0.3) is 22.4 Å². The van der Waals surface area contributed by atoms with Crippen molar-refractivity contribution in [1.82, 2.24) is 20.3 Å². The second-order valence-corrected chi connectivity index (χ2v) is 6.47. The summed E-state index contributed by atoms with van der Waals surface area (Å²) >= 11 is 0. The molecule has 1 unspecified atom stereocenters. The van der Waals surface area contributed by atoms with Gasteiger partial charge in [-0.05, 0) is 31.2 Å². The molecular formula is C19H20N6O. The molecule has 0 radical (unpaired) electrons. The molecule has 3 aromatic rings. The van der Waals surface area contributed by atoms with E-state index in [4.69, 9.17) is 10.7 Å². The molecule has 3 N–H and O–H groups in total. The van der Waals surface area contributed by atoms with Crippen molar-refractivity contribution in [2.24, 2.45) is 5.73 Å². The Labute approximate surface area is 151 Å². The Balaban J connectivity index is 1.90. The third kappa shape index (κ3) is 2.97. The molecule has 1 fully saturated rings. The summed E-state index contributed by atoms with van der Waals surface area (Å²) in [5.74, 6) is -0.505. The number of hydrogen-bond acceptors (Lipinski definition) is 6. The monoisotopic (exact) mass is 348 g/mol. The van der Waals surface area contributed by atoms with E-state index < -0.39 is 5.91 Å². The summed E-state index contributed by atoms with van der Waals surface area (Å²) in [6.45, 7) is 4.77. The van der Waals surface area contributed by atoms with Crippen LogP contribution in [0, 0.1) is 0 Å². The van der Waals surface area contributed by atoms with Crippen LogP contribution in [0.5, 0.6) is 0 Å². The van der Waals surface area contributed by atoms with Gasteiger partial charge >= 0.3 is 0 Å². The second kappa shape index (κ2) is 6.68. The number of anilines is 1. The first-order chi connectivity index (χ1) is 12.6. The van der Waals surface area contributed by atoms with Crippen molar-refractivity contribution in [3.63, 3.8) is 0 Å². The highest BCUT2D eigenvalue weighted by Crippen LogP contribution is 2.29. The normalized spacial score (nSPS) is 17.4. The zero-order valence-corrected chi connectivity index (χ0v) is 14.5. The molecule has 1 saturated heterocycles. The number of carbonyl (C=O) groups excluding carboxylic acids is 1. The first kappa shape index (κ1) is 16.4. The predicted octanol–water partition coefficient (Wildman–Crippen LogP) is 1.59. The van der Waals surface area contributed by atoms with E-state index in [1.807, 2.05) is 24.3 Å². The van der Waals surface area contributed by atoms with Gasteiger partial charge in [0.25, 0.3) is 5.91 Å². The van der Waals surface area contributed by atoms with Gasteiger partial charge in [0.1, 0.15) is 16.7 Å². The minimum Gasteiger partial charge on any atom is -0.367 e. The predicted molar refractivity (Wildman–Crippen MR) is 101 cm³/mol. The number of primary amides is 1. The van der Waals surface area contributed by atoms with E-state index >= 15 is 0 Å². The lowest BCUT2D eigenvalue weighted by Gasteiger charge is -2.34. The quantitative estimate of drug-likeness (QED) is 0.746. The van der Waals surface area contributed by atoms with Gasteiger partial charge in [0.2, 0.25) is 0 Å². The smallest absolute Gasteiger partial charge is 0.250 e. The zero-order chi connectivity index (χ0) is 18.1. The van der Waals surface area contributed by atoms with E-state index in [2.05, 4.69) is 27.1 Å². The van der Waals surface area contributed by atoms with Crippen molar-refractivity contribution in [1.29, 1.82) is 0 Å². The van der Waals surface area contributed by atoms with E-state index in [-0.39, 0.29) is 0 Å². The number of aromatic nitrogens is 3. The minimum atomic E-state index is -0.505.